The van der Waals surface area contributed by atoms with Crippen molar-refractivity contribution in [2.75, 3.05) is 19.0 Å². The van der Waals surface area contributed by atoms with Crippen molar-refractivity contribution in [3.63, 3.8) is 0 Å². The summed E-state index contributed by atoms with van der Waals surface area (Å²) < 4.78 is 11.1. The molecule has 2 N–H and O–H groups in total. The van der Waals surface area contributed by atoms with Crippen LogP contribution < -0.4 is 14.8 Å². The number of carbonyl (C=O) groups is 1. The van der Waals surface area contributed by atoms with Crippen LogP contribution in [0.3, 0.4) is 0 Å². The van der Waals surface area contributed by atoms with E-state index in [9.17, 15) is 9.90 Å². The number of pyridine rings is 1. The summed E-state index contributed by atoms with van der Waals surface area (Å²) >= 11 is 0. The first-order valence-corrected chi connectivity index (χ1v) is 10.7. The van der Waals surface area contributed by atoms with E-state index in [-0.39, 0.29) is 17.7 Å². The lowest BCUT2D eigenvalue weighted by atomic mass is 10.00. The summed E-state index contributed by atoms with van der Waals surface area (Å²) in [5.41, 5.74) is 1.31. The second-order valence-corrected chi connectivity index (χ2v) is 7.73. The number of benzene rings is 2. The highest BCUT2D eigenvalue weighted by Gasteiger charge is 2.30. The van der Waals surface area contributed by atoms with Crippen LogP contribution in [0.15, 0.2) is 66.9 Å². The number of nitrogens with zero attached hydrogens (tertiary/aromatic N) is 2. The number of nitrogens with one attached hydrogen (secondary N) is 1. The molecule has 1 unspecified atom stereocenters. The molecule has 7 heteroatoms. The minimum atomic E-state index is -0.298. The molecule has 1 amide bonds. The van der Waals surface area contributed by atoms with Crippen LogP contribution in [-0.4, -0.2) is 40.6 Å². The van der Waals surface area contributed by atoms with Gasteiger partial charge in [0, 0.05) is 18.2 Å². The van der Waals surface area contributed by atoms with Crippen molar-refractivity contribution in [2.45, 2.75) is 31.8 Å². The van der Waals surface area contributed by atoms with Gasteiger partial charge in [0.1, 0.15) is 17.2 Å². The lowest BCUT2D eigenvalue weighted by molar-refractivity contribution is -0.122. The Morgan fingerprint density at radius 1 is 1.12 bits per heavy atom. The van der Waals surface area contributed by atoms with Crippen molar-refractivity contribution in [1.82, 2.24) is 9.88 Å². The number of anilines is 1. The second kappa shape index (κ2) is 10.2. The van der Waals surface area contributed by atoms with E-state index in [4.69, 9.17) is 9.47 Å². The van der Waals surface area contributed by atoms with Crippen molar-refractivity contribution in [2.24, 2.45) is 0 Å². The third kappa shape index (κ3) is 5.18. The molecule has 1 saturated heterocycles. The number of phenols is 1. The molecule has 1 fully saturated rings. The molecule has 3 aromatic rings. The number of ether oxygens (including phenoxy) is 2. The fraction of sp³-hybridized carbons (Fsp3) is 0.280. The molecular formula is C25H27N3O4. The number of aromatic hydroxyl groups is 1. The van der Waals surface area contributed by atoms with Gasteiger partial charge in [-0.25, -0.2) is 4.98 Å². The van der Waals surface area contributed by atoms with Crippen LogP contribution in [-0.2, 0) is 11.3 Å². The van der Waals surface area contributed by atoms with Crippen molar-refractivity contribution in [3.05, 3.63) is 72.4 Å². The summed E-state index contributed by atoms with van der Waals surface area (Å²) in [7, 11) is 1.58. The number of hydrogen-bond donors (Lipinski definition) is 2. The number of hydrogen-bond acceptors (Lipinski definition) is 6. The van der Waals surface area contributed by atoms with E-state index in [1.807, 2.05) is 36.4 Å². The largest absolute Gasteiger partial charge is 0.507 e. The summed E-state index contributed by atoms with van der Waals surface area (Å²) in [6, 6.07) is 17.8. The zero-order valence-corrected chi connectivity index (χ0v) is 18.0. The average Bonchev–Trinajstić information content (AvgIpc) is 2.82. The first-order valence-electron chi connectivity index (χ1n) is 10.7. The fourth-order valence-electron chi connectivity index (χ4n) is 3.93. The van der Waals surface area contributed by atoms with E-state index in [0.29, 0.717) is 35.2 Å². The van der Waals surface area contributed by atoms with Gasteiger partial charge in [-0.3, -0.25) is 9.69 Å². The normalized spacial score (nSPS) is 16.3. The summed E-state index contributed by atoms with van der Waals surface area (Å²) in [5, 5.41) is 13.3. The molecule has 0 spiro atoms. The smallest absolute Gasteiger partial charge is 0.241 e. The predicted octanol–water partition coefficient (Wildman–Crippen LogP) is 4.58. The third-order valence-corrected chi connectivity index (χ3v) is 5.58. The highest BCUT2D eigenvalue weighted by atomic mass is 16.5. The van der Waals surface area contributed by atoms with Gasteiger partial charge in [-0.15, -0.1) is 0 Å². The zero-order valence-electron chi connectivity index (χ0n) is 18.0. The third-order valence-electron chi connectivity index (χ3n) is 5.58. The molecular weight excluding hydrogens is 406 g/mol. The molecule has 0 radical (unpaired) electrons. The number of piperidine rings is 1. The highest BCUT2D eigenvalue weighted by Crippen LogP contribution is 2.31. The maximum Gasteiger partial charge on any atom is 0.241 e. The molecule has 2 heterocycles. The highest BCUT2D eigenvalue weighted by molar-refractivity contribution is 5.94. The van der Waals surface area contributed by atoms with Crippen molar-refractivity contribution in [3.8, 4) is 23.1 Å². The van der Waals surface area contributed by atoms with E-state index in [0.717, 1.165) is 25.8 Å². The van der Waals surface area contributed by atoms with Crippen LogP contribution in [0.25, 0.3) is 0 Å². The van der Waals surface area contributed by atoms with Gasteiger partial charge in [-0.1, -0.05) is 30.7 Å². The number of rotatable bonds is 7. The Labute approximate surface area is 187 Å². The molecule has 0 bridgehead atoms. The number of methoxy groups -OCH3 is 1. The first kappa shape index (κ1) is 21.6. The molecule has 1 atom stereocenters. The lowest BCUT2D eigenvalue weighted by Crippen LogP contribution is -2.46. The summed E-state index contributed by atoms with van der Waals surface area (Å²) in [5.74, 6) is 1.87. The van der Waals surface area contributed by atoms with Crippen molar-refractivity contribution in [1.29, 1.82) is 0 Å². The molecule has 1 aromatic heterocycles. The van der Waals surface area contributed by atoms with Gasteiger partial charge in [0.05, 0.1) is 25.0 Å². The van der Waals surface area contributed by atoms with Gasteiger partial charge in [-0.2, -0.15) is 0 Å². The van der Waals surface area contributed by atoms with E-state index >= 15 is 0 Å². The quantitative estimate of drug-likeness (QED) is 0.567. The Morgan fingerprint density at radius 3 is 2.72 bits per heavy atom. The van der Waals surface area contributed by atoms with Crippen molar-refractivity contribution < 1.29 is 19.4 Å². The summed E-state index contributed by atoms with van der Waals surface area (Å²) in [6.45, 7) is 1.22. The number of likely N-dealkylation sites (tertiary alicyclic amines) is 1. The van der Waals surface area contributed by atoms with Gasteiger partial charge in [0.15, 0.2) is 0 Å². The molecule has 166 valence electrons. The molecule has 7 nitrogen and oxygen atoms in total. The minimum Gasteiger partial charge on any atom is -0.507 e. The van der Waals surface area contributed by atoms with Gasteiger partial charge >= 0.3 is 0 Å². The summed E-state index contributed by atoms with van der Waals surface area (Å²) in [6.07, 6.45) is 4.33. The van der Waals surface area contributed by atoms with Gasteiger partial charge in [-0.05, 0) is 49.7 Å². The SMILES string of the molecule is COc1cccc(O)c1CN1CCCCC1C(=O)Nc1ccc(Oc2ccccc2)nc1. The Hall–Kier alpha value is -3.58. The summed E-state index contributed by atoms with van der Waals surface area (Å²) in [4.78, 5) is 19.5. The standard InChI is InChI=1S/C25H27N3O4/c1-31-23-12-7-11-22(29)20(23)17-28-15-6-5-10-21(28)25(30)27-18-13-14-24(26-16-18)32-19-8-3-2-4-9-19/h2-4,7-9,11-14,16,21,29H,5-6,10,15,17H2,1H3,(H,27,30). The fourth-order valence-corrected chi connectivity index (χ4v) is 3.93. The van der Waals surface area contributed by atoms with Gasteiger partial charge in [0.25, 0.3) is 0 Å². The van der Waals surface area contributed by atoms with E-state index in [2.05, 4.69) is 15.2 Å². The molecule has 0 saturated carbocycles. The van der Waals surface area contributed by atoms with Crippen LogP contribution in [0, 0.1) is 0 Å². The molecule has 4 rings (SSSR count). The van der Waals surface area contributed by atoms with E-state index in [1.54, 1.807) is 37.6 Å². The average molecular weight is 434 g/mol. The Morgan fingerprint density at radius 2 is 1.97 bits per heavy atom. The van der Waals surface area contributed by atoms with Crippen molar-refractivity contribution >= 4 is 11.6 Å². The molecule has 1 aliphatic heterocycles. The number of amides is 1. The Bertz CT molecular complexity index is 1040. The Kier molecular flexibility index (Phi) is 6.87. The first-order chi connectivity index (χ1) is 15.6. The lowest BCUT2D eigenvalue weighted by Gasteiger charge is -2.35. The van der Waals surface area contributed by atoms with E-state index < -0.39 is 0 Å². The minimum absolute atomic E-state index is 0.0855. The van der Waals surface area contributed by atoms with Crippen LogP contribution in [0.2, 0.25) is 0 Å². The van der Waals surface area contributed by atoms with Crippen LogP contribution in [0.1, 0.15) is 24.8 Å². The number of carbonyl (C=O) groups excluding carboxylic acids is 1. The number of phenolic OH excluding ortho intramolecular Hbond substituents is 1. The predicted molar refractivity (Wildman–Crippen MR) is 122 cm³/mol. The Balaban J connectivity index is 1.42. The monoisotopic (exact) mass is 433 g/mol. The molecule has 0 aliphatic carbocycles. The molecule has 1 aliphatic rings. The van der Waals surface area contributed by atoms with Gasteiger partial charge < -0.3 is 19.9 Å². The topological polar surface area (TPSA) is 83.9 Å². The van der Waals surface area contributed by atoms with Crippen LogP contribution in [0.5, 0.6) is 23.1 Å². The van der Waals surface area contributed by atoms with Gasteiger partial charge in [0.2, 0.25) is 11.8 Å². The second-order valence-electron chi connectivity index (χ2n) is 7.73. The van der Waals surface area contributed by atoms with E-state index in [1.165, 1.54) is 0 Å². The van der Waals surface area contributed by atoms with Crippen LogP contribution >= 0.6 is 0 Å². The molecule has 2 aromatic carbocycles. The zero-order chi connectivity index (χ0) is 22.3. The number of aromatic nitrogens is 1. The van der Waals surface area contributed by atoms with Crippen LogP contribution in [0.4, 0.5) is 5.69 Å². The molecule has 32 heavy (non-hydrogen) atoms. The maximum absolute atomic E-state index is 13.1. The number of para-hydroxylation sites is 1. The maximum atomic E-state index is 13.1.